The Bertz CT molecular complexity index is 201. The second kappa shape index (κ2) is 3.18. The van der Waals surface area contributed by atoms with E-state index in [9.17, 15) is 9.90 Å². The van der Waals surface area contributed by atoms with Crippen LogP contribution in [0.5, 0.6) is 0 Å². The van der Waals surface area contributed by atoms with Crippen molar-refractivity contribution in [1.82, 2.24) is 4.90 Å². The van der Waals surface area contributed by atoms with Crippen molar-refractivity contribution >= 4 is 6.09 Å². The zero-order valence-electron chi connectivity index (χ0n) is 8.32. The minimum Gasteiger partial charge on any atom is -0.465 e. The van der Waals surface area contributed by atoms with Gasteiger partial charge in [0.2, 0.25) is 0 Å². The maximum Gasteiger partial charge on any atom is 0.407 e. The van der Waals surface area contributed by atoms with Crippen molar-refractivity contribution in [3.8, 4) is 0 Å². The number of amides is 1. The molecule has 0 aromatic heterocycles. The number of carbonyl (C=O) groups is 1. The first-order chi connectivity index (χ1) is 5.85. The minimum absolute atomic E-state index is 0.00708. The Kier molecular flexibility index (Phi) is 2.52. The molecule has 1 heterocycles. The van der Waals surface area contributed by atoms with E-state index >= 15 is 0 Å². The van der Waals surface area contributed by atoms with Crippen LogP contribution in [-0.4, -0.2) is 39.9 Å². The third-order valence-electron chi connectivity index (χ3n) is 3.25. The first-order valence-corrected chi connectivity index (χ1v) is 4.56. The van der Waals surface area contributed by atoms with Crippen LogP contribution in [0.2, 0.25) is 0 Å². The van der Waals surface area contributed by atoms with Gasteiger partial charge in [0.25, 0.3) is 0 Å². The van der Waals surface area contributed by atoms with Crippen molar-refractivity contribution in [1.29, 1.82) is 0 Å². The first kappa shape index (κ1) is 10.3. The van der Waals surface area contributed by atoms with Gasteiger partial charge in [-0.1, -0.05) is 13.8 Å². The molecule has 13 heavy (non-hydrogen) atoms. The molecule has 1 aliphatic heterocycles. The first-order valence-electron chi connectivity index (χ1n) is 4.56. The number of aliphatic hydroxyl groups is 1. The van der Waals surface area contributed by atoms with Crippen molar-refractivity contribution in [3.63, 3.8) is 0 Å². The Morgan fingerprint density at radius 1 is 1.38 bits per heavy atom. The molecule has 1 aliphatic rings. The van der Waals surface area contributed by atoms with Gasteiger partial charge >= 0.3 is 6.09 Å². The highest BCUT2D eigenvalue weighted by atomic mass is 16.4. The lowest BCUT2D eigenvalue weighted by Crippen LogP contribution is -2.55. The molecule has 0 aromatic carbocycles. The van der Waals surface area contributed by atoms with Crippen molar-refractivity contribution in [2.75, 3.05) is 13.1 Å². The number of likely N-dealkylation sites (tertiary alicyclic amines) is 1. The predicted octanol–water partition coefficient (Wildman–Crippen LogP) is 1.00. The molecule has 1 rings (SSSR count). The van der Waals surface area contributed by atoms with Crippen molar-refractivity contribution in [3.05, 3.63) is 0 Å². The lowest BCUT2D eigenvalue weighted by molar-refractivity contribution is -0.0852. The fourth-order valence-electron chi connectivity index (χ4n) is 1.75. The van der Waals surface area contributed by atoms with E-state index in [4.69, 9.17) is 5.11 Å². The molecule has 0 spiro atoms. The second-order valence-electron chi connectivity index (χ2n) is 4.22. The second-order valence-corrected chi connectivity index (χ2v) is 4.22. The summed E-state index contributed by atoms with van der Waals surface area (Å²) >= 11 is 0. The monoisotopic (exact) mass is 187 g/mol. The summed E-state index contributed by atoms with van der Waals surface area (Å²) in [7, 11) is 0. The molecule has 4 nitrogen and oxygen atoms in total. The Morgan fingerprint density at radius 2 is 1.77 bits per heavy atom. The van der Waals surface area contributed by atoms with E-state index in [-0.39, 0.29) is 11.8 Å². The van der Waals surface area contributed by atoms with Crippen LogP contribution in [-0.2, 0) is 0 Å². The third kappa shape index (κ3) is 1.77. The topological polar surface area (TPSA) is 60.8 Å². The molecular weight excluding hydrogens is 170 g/mol. The van der Waals surface area contributed by atoms with Crippen LogP contribution in [0.25, 0.3) is 0 Å². The number of hydrogen-bond donors (Lipinski definition) is 2. The molecule has 0 saturated carbocycles. The Balaban J connectivity index is 2.73. The number of carboxylic acid groups (broad SMARTS) is 1. The molecule has 1 saturated heterocycles. The average Bonchev–Trinajstić information content (AvgIpc) is 2.00. The highest BCUT2D eigenvalue weighted by molar-refractivity contribution is 5.65. The summed E-state index contributed by atoms with van der Waals surface area (Å²) in [6.07, 6.45) is -0.894. The van der Waals surface area contributed by atoms with Crippen LogP contribution in [0.1, 0.15) is 20.8 Å². The summed E-state index contributed by atoms with van der Waals surface area (Å²) in [6, 6.07) is 0. The summed E-state index contributed by atoms with van der Waals surface area (Å²) in [4.78, 5) is 12.1. The van der Waals surface area contributed by atoms with Gasteiger partial charge < -0.3 is 15.1 Å². The molecule has 1 amide bonds. The van der Waals surface area contributed by atoms with Crippen LogP contribution in [0.3, 0.4) is 0 Å². The van der Waals surface area contributed by atoms with Gasteiger partial charge in [-0.2, -0.15) is 0 Å². The van der Waals surface area contributed by atoms with Crippen molar-refractivity contribution in [2.45, 2.75) is 26.4 Å². The minimum atomic E-state index is -0.894. The highest BCUT2D eigenvalue weighted by Crippen LogP contribution is 2.31. The number of piperidine rings is 1. The van der Waals surface area contributed by atoms with Crippen LogP contribution >= 0.6 is 0 Å². The molecule has 1 fully saturated rings. The van der Waals surface area contributed by atoms with Gasteiger partial charge in [-0.05, 0) is 6.92 Å². The molecule has 0 bridgehead atoms. The zero-order chi connectivity index (χ0) is 10.2. The molecule has 0 aromatic rings. The zero-order valence-corrected chi connectivity index (χ0v) is 8.32. The Morgan fingerprint density at radius 3 is 2.08 bits per heavy atom. The molecule has 2 N–H and O–H groups in total. The van der Waals surface area contributed by atoms with Gasteiger partial charge in [0.15, 0.2) is 0 Å². The molecule has 3 atom stereocenters. The van der Waals surface area contributed by atoms with Gasteiger partial charge in [-0.15, -0.1) is 0 Å². The number of rotatable bonds is 0. The van der Waals surface area contributed by atoms with Gasteiger partial charge in [0.1, 0.15) is 0 Å². The van der Waals surface area contributed by atoms with Crippen molar-refractivity contribution < 1.29 is 15.0 Å². The summed E-state index contributed by atoms with van der Waals surface area (Å²) in [6.45, 7) is 6.39. The van der Waals surface area contributed by atoms with E-state index in [1.165, 1.54) is 4.90 Å². The van der Waals surface area contributed by atoms with Gasteiger partial charge in [-0.3, -0.25) is 0 Å². The molecule has 0 aliphatic carbocycles. The maximum absolute atomic E-state index is 10.7. The van der Waals surface area contributed by atoms with E-state index in [0.717, 1.165) is 0 Å². The smallest absolute Gasteiger partial charge is 0.407 e. The lowest BCUT2D eigenvalue weighted by Gasteiger charge is -2.44. The largest absolute Gasteiger partial charge is 0.465 e. The average molecular weight is 187 g/mol. The fourth-order valence-corrected chi connectivity index (χ4v) is 1.75. The number of hydrogen-bond acceptors (Lipinski definition) is 2. The third-order valence-corrected chi connectivity index (χ3v) is 3.25. The Labute approximate surface area is 78.2 Å². The van der Waals surface area contributed by atoms with Crippen LogP contribution in [0.15, 0.2) is 0 Å². The maximum atomic E-state index is 10.7. The van der Waals surface area contributed by atoms with E-state index in [1.807, 2.05) is 13.8 Å². The predicted molar refractivity (Wildman–Crippen MR) is 48.5 cm³/mol. The van der Waals surface area contributed by atoms with Crippen LogP contribution in [0, 0.1) is 11.8 Å². The van der Waals surface area contributed by atoms with Crippen LogP contribution in [0.4, 0.5) is 4.79 Å². The van der Waals surface area contributed by atoms with Crippen molar-refractivity contribution in [2.24, 2.45) is 11.8 Å². The number of nitrogens with zero attached hydrogens (tertiary/aromatic N) is 1. The highest BCUT2D eigenvalue weighted by Gasteiger charge is 2.41. The molecular formula is C9H17NO3. The fraction of sp³-hybridized carbons (Fsp3) is 0.889. The van der Waals surface area contributed by atoms with Gasteiger partial charge in [0, 0.05) is 24.9 Å². The summed E-state index contributed by atoms with van der Waals surface area (Å²) in [5.74, 6) is -0.0142. The van der Waals surface area contributed by atoms with E-state index in [2.05, 4.69) is 0 Å². The van der Waals surface area contributed by atoms with E-state index in [1.54, 1.807) is 6.92 Å². The molecule has 4 heteroatoms. The van der Waals surface area contributed by atoms with Gasteiger partial charge in [-0.25, -0.2) is 4.79 Å². The summed E-state index contributed by atoms with van der Waals surface area (Å²) in [5.41, 5.74) is -0.744. The molecule has 2 unspecified atom stereocenters. The van der Waals surface area contributed by atoms with Crippen LogP contribution < -0.4 is 0 Å². The molecule has 0 radical (unpaired) electrons. The van der Waals surface area contributed by atoms with E-state index in [0.29, 0.717) is 13.1 Å². The Hall–Kier alpha value is -0.770. The SMILES string of the molecule is CC1CN(C(=O)O)C[C@@H](C)C1(C)O. The van der Waals surface area contributed by atoms with E-state index < -0.39 is 11.7 Å². The normalized spacial score (nSPS) is 40.5. The summed E-state index contributed by atoms with van der Waals surface area (Å²) in [5, 5.41) is 18.8. The quantitative estimate of drug-likeness (QED) is 0.594. The van der Waals surface area contributed by atoms with Gasteiger partial charge in [0.05, 0.1) is 5.60 Å². The summed E-state index contributed by atoms with van der Waals surface area (Å²) < 4.78 is 0. The molecule has 76 valence electrons. The lowest BCUT2D eigenvalue weighted by atomic mass is 9.77. The standard InChI is InChI=1S/C9H17NO3/c1-6-4-10(8(11)12)5-7(2)9(6,3)13/h6-7,13H,4-5H2,1-3H3,(H,11,12)/t6-,7?,9?/m1/s1.